The zero-order chi connectivity index (χ0) is 36.5. The van der Waals surface area contributed by atoms with Gasteiger partial charge in [0.1, 0.15) is 5.75 Å². The predicted molar refractivity (Wildman–Crippen MR) is 204 cm³/mol. The fourth-order valence-corrected chi connectivity index (χ4v) is 8.04. The lowest BCUT2D eigenvalue weighted by atomic mass is 9.96. The molecule has 6 aromatic rings. The van der Waals surface area contributed by atoms with Gasteiger partial charge in [0.15, 0.2) is 4.80 Å². The molecule has 12 heteroatoms. The van der Waals surface area contributed by atoms with Crippen LogP contribution in [0.3, 0.4) is 0 Å². The minimum Gasteiger partial charge on any atom is -0.496 e. The summed E-state index contributed by atoms with van der Waals surface area (Å²) in [4.78, 5) is 44.4. The van der Waals surface area contributed by atoms with E-state index in [9.17, 15) is 19.7 Å². The number of carbonyl (C=O) groups is 1. The summed E-state index contributed by atoms with van der Waals surface area (Å²) in [6, 6.07) is 32.7. The molecule has 0 spiro atoms. The Kier molecular flexibility index (Phi) is 9.59. The van der Waals surface area contributed by atoms with Gasteiger partial charge in [-0.15, -0.1) is 0 Å². The van der Waals surface area contributed by atoms with Crippen LogP contribution in [0.5, 0.6) is 5.75 Å². The summed E-state index contributed by atoms with van der Waals surface area (Å²) in [6.07, 6.45) is 1.85. The second-order valence-corrected chi connectivity index (χ2v) is 13.7. The zero-order valence-electron chi connectivity index (χ0n) is 28.3. The fraction of sp³-hybridized carbons (Fsp3) is 0.125. The Labute approximate surface area is 310 Å². The van der Waals surface area contributed by atoms with Gasteiger partial charge in [-0.3, -0.25) is 19.5 Å². The number of methoxy groups -OCH3 is 1. The van der Waals surface area contributed by atoms with Crippen molar-refractivity contribution in [3.63, 3.8) is 0 Å². The van der Waals surface area contributed by atoms with E-state index in [1.54, 1.807) is 43.7 Å². The smallest absolute Gasteiger partial charge is 0.338 e. The molecule has 4 aromatic carbocycles. The first kappa shape index (κ1) is 34.6. The molecule has 0 N–H and O–H groups in total. The molecule has 0 amide bonds. The van der Waals surface area contributed by atoms with E-state index in [1.165, 1.54) is 23.5 Å². The molecule has 0 saturated carbocycles. The molecule has 3 heterocycles. The van der Waals surface area contributed by atoms with Gasteiger partial charge in [-0.05, 0) is 82.9 Å². The second-order valence-electron chi connectivity index (χ2n) is 11.9. The highest BCUT2D eigenvalue weighted by atomic mass is 79.9. The van der Waals surface area contributed by atoms with E-state index in [-0.39, 0.29) is 23.4 Å². The van der Waals surface area contributed by atoms with Crippen LogP contribution in [0.1, 0.15) is 31.0 Å². The minimum atomic E-state index is -0.808. The Morgan fingerprint density at radius 3 is 2.27 bits per heavy atom. The molecule has 0 radical (unpaired) electrons. The van der Waals surface area contributed by atoms with Crippen molar-refractivity contribution in [2.24, 2.45) is 4.99 Å². The van der Waals surface area contributed by atoms with Crippen LogP contribution in [0.15, 0.2) is 135 Å². The van der Waals surface area contributed by atoms with Gasteiger partial charge < -0.3 is 14.0 Å². The van der Waals surface area contributed by atoms with Crippen LogP contribution in [0.4, 0.5) is 5.69 Å². The molecule has 52 heavy (non-hydrogen) atoms. The van der Waals surface area contributed by atoms with Crippen molar-refractivity contribution in [3.05, 3.63) is 166 Å². The number of rotatable bonds is 9. The van der Waals surface area contributed by atoms with Crippen molar-refractivity contribution in [1.82, 2.24) is 9.13 Å². The predicted octanol–water partition coefficient (Wildman–Crippen LogP) is 7.60. The Morgan fingerprint density at radius 2 is 1.65 bits per heavy atom. The number of carbonyl (C=O) groups excluding carboxylic acids is 1. The normalized spacial score (nSPS) is 14.2. The molecule has 2 aromatic heterocycles. The van der Waals surface area contributed by atoms with E-state index in [0.29, 0.717) is 36.5 Å². The number of non-ortho nitro benzene ring substituents is 1. The van der Waals surface area contributed by atoms with Crippen molar-refractivity contribution in [2.75, 3.05) is 13.7 Å². The van der Waals surface area contributed by atoms with E-state index in [2.05, 4.69) is 20.5 Å². The fourth-order valence-electron chi connectivity index (χ4n) is 6.45. The highest BCUT2D eigenvalue weighted by Crippen LogP contribution is 2.38. The maximum Gasteiger partial charge on any atom is 0.338 e. The zero-order valence-corrected chi connectivity index (χ0v) is 30.7. The molecule has 7 rings (SSSR count). The molecule has 10 nitrogen and oxygen atoms in total. The Hall–Kier alpha value is -5.85. The van der Waals surface area contributed by atoms with Crippen molar-refractivity contribution in [1.29, 1.82) is 0 Å². The average Bonchev–Trinajstić information content (AvgIpc) is 3.68. The van der Waals surface area contributed by atoms with Gasteiger partial charge in [0, 0.05) is 23.4 Å². The van der Waals surface area contributed by atoms with Crippen LogP contribution in [0.25, 0.3) is 34.3 Å². The largest absolute Gasteiger partial charge is 0.496 e. The summed E-state index contributed by atoms with van der Waals surface area (Å²) < 4.78 is 15.6. The molecule has 0 aliphatic carbocycles. The van der Waals surface area contributed by atoms with Crippen molar-refractivity contribution in [2.45, 2.75) is 19.9 Å². The van der Waals surface area contributed by atoms with Gasteiger partial charge in [-0.1, -0.05) is 78.1 Å². The van der Waals surface area contributed by atoms with Crippen LogP contribution in [0.2, 0.25) is 0 Å². The highest BCUT2D eigenvalue weighted by Gasteiger charge is 2.34. The summed E-state index contributed by atoms with van der Waals surface area (Å²) in [5.41, 5.74) is 5.95. The van der Waals surface area contributed by atoms with Crippen LogP contribution < -0.4 is 19.6 Å². The SMILES string of the molecule is CCOC(=O)C1=C(C)N=c2s/c(=C/c3cc(-c4ccccc4)n(-c4ccc([N+](=O)[O-])cc4)c3-c3ccccc3)c(=O)n2[C@@H]1c1ccc(OC)c(Br)c1. The molecule has 1 aliphatic heterocycles. The first-order valence-corrected chi connectivity index (χ1v) is 18.0. The number of esters is 1. The van der Waals surface area contributed by atoms with Gasteiger partial charge in [-0.2, -0.15) is 0 Å². The lowest BCUT2D eigenvalue weighted by Crippen LogP contribution is -2.40. The number of fused-ring (bicyclic) bond motifs is 1. The van der Waals surface area contributed by atoms with Crippen molar-refractivity contribution in [3.8, 4) is 34.0 Å². The maximum absolute atomic E-state index is 14.6. The van der Waals surface area contributed by atoms with Crippen molar-refractivity contribution >= 4 is 45.0 Å². The standard InChI is InChI=1S/C40H31BrN4O6S/c1-4-51-39(47)35-24(2)42-40-44(37(35)27-15-20-33(50-3)31(41)21-27)38(46)34(52-40)23-28-22-32(25-11-7-5-8-12-25)43(36(28)26-13-9-6-10-14-26)29-16-18-30(19-17-29)45(48)49/h5-23,37H,4H2,1-3H3/b34-23+/t37-/m1/s1. The molecule has 0 unspecified atom stereocenters. The summed E-state index contributed by atoms with van der Waals surface area (Å²) in [5.74, 6) is 0.0590. The van der Waals surface area contributed by atoms with Gasteiger partial charge in [0.25, 0.3) is 11.2 Å². The lowest BCUT2D eigenvalue weighted by molar-refractivity contribution is -0.384. The highest BCUT2D eigenvalue weighted by molar-refractivity contribution is 9.10. The third kappa shape index (κ3) is 6.31. The number of nitrogens with zero attached hydrogens (tertiary/aromatic N) is 4. The number of nitro groups is 1. The molecule has 260 valence electrons. The summed E-state index contributed by atoms with van der Waals surface area (Å²) in [6.45, 7) is 3.65. The number of halogens is 1. The van der Waals surface area contributed by atoms with Gasteiger partial charge in [0.05, 0.1) is 56.3 Å². The number of allylic oxidation sites excluding steroid dienone is 1. The molecular formula is C40H31BrN4O6S. The number of aromatic nitrogens is 2. The molecule has 0 saturated heterocycles. The van der Waals surface area contributed by atoms with Crippen LogP contribution in [0, 0.1) is 10.1 Å². The van der Waals surface area contributed by atoms with Crippen LogP contribution in [-0.4, -0.2) is 33.7 Å². The van der Waals surface area contributed by atoms with E-state index >= 15 is 0 Å². The van der Waals surface area contributed by atoms with Crippen molar-refractivity contribution < 1.29 is 19.2 Å². The molecule has 1 aliphatic rings. The number of hydrogen-bond donors (Lipinski definition) is 0. The van der Waals surface area contributed by atoms with Gasteiger partial charge in [-0.25, -0.2) is 9.79 Å². The Morgan fingerprint density at radius 1 is 0.981 bits per heavy atom. The summed E-state index contributed by atoms with van der Waals surface area (Å²) in [7, 11) is 1.57. The van der Waals surface area contributed by atoms with E-state index in [1.807, 2.05) is 84.9 Å². The first-order valence-electron chi connectivity index (χ1n) is 16.3. The lowest BCUT2D eigenvalue weighted by Gasteiger charge is -2.25. The monoisotopic (exact) mass is 774 g/mol. The second kappa shape index (κ2) is 14.4. The first-order chi connectivity index (χ1) is 25.2. The molecular weight excluding hydrogens is 744 g/mol. The molecule has 0 fully saturated rings. The Balaban J connectivity index is 1.50. The number of nitro benzene ring substituents is 1. The Bertz CT molecular complexity index is 2560. The number of thiazole rings is 1. The molecule has 0 bridgehead atoms. The van der Waals surface area contributed by atoms with Crippen LogP contribution >= 0.6 is 27.3 Å². The number of hydrogen-bond acceptors (Lipinski definition) is 8. The third-order valence-electron chi connectivity index (χ3n) is 8.76. The average molecular weight is 776 g/mol. The topological polar surface area (TPSA) is 118 Å². The van der Waals surface area contributed by atoms with E-state index < -0.39 is 16.9 Å². The quantitative estimate of drug-likeness (QED) is 0.0849. The summed E-state index contributed by atoms with van der Waals surface area (Å²) >= 11 is 4.80. The number of benzene rings is 4. The minimum absolute atomic E-state index is 0.0179. The number of ether oxygens (including phenoxy) is 2. The third-order valence-corrected chi connectivity index (χ3v) is 10.4. The summed E-state index contributed by atoms with van der Waals surface area (Å²) in [5, 5.41) is 11.5. The van der Waals surface area contributed by atoms with Gasteiger partial charge >= 0.3 is 5.97 Å². The molecule has 1 atom stereocenters. The van der Waals surface area contributed by atoms with Crippen LogP contribution in [-0.2, 0) is 9.53 Å². The van der Waals surface area contributed by atoms with Gasteiger partial charge in [0.2, 0.25) is 0 Å². The van der Waals surface area contributed by atoms with E-state index in [4.69, 9.17) is 14.5 Å². The van der Waals surface area contributed by atoms with E-state index in [0.717, 1.165) is 28.1 Å². The maximum atomic E-state index is 14.6.